The summed E-state index contributed by atoms with van der Waals surface area (Å²) >= 11 is 5.96. The lowest BCUT2D eigenvalue weighted by Gasteiger charge is -2.15. The molecule has 4 heteroatoms. The van der Waals surface area contributed by atoms with Crippen molar-refractivity contribution in [2.24, 2.45) is 0 Å². The second-order valence-electron chi connectivity index (χ2n) is 6.71. The van der Waals surface area contributed by atoms with Crippen LogP contribution in [0, 0.1) is 6.92 Å². The molecule has 0 spiro atoms. The van der Waals surface area contributed by atoms with Gasteiger partial charge in [0.25, 0.3) is 0 Å². The zero-order valence-corrected chi connectivity index (χ0v) is 16.2. The molecule has 0 aliphatic rings. The highest BCUT2D eigenvalue weighted by atomic mass is 35.5. The molecule has 0 radical (unpaired) electrons. The van der Waals surface area contributed by atoms with E-state index in [0.717, 1.165) is 36.8 Å². The molecule has 1 N–H and O–H groups in total. The van der Waals surface area contributed by atoms with Crippen molar-refractivity contribution >= 4 is 11.6 Å². The fraction of sp³-hybridized carbons (Fsp3) is 0.318. The van der Waals surface area contributed by atoms with Crippen molar-refractivity contribution in [3.05, 3.63) is 88.5 Å². The molecule has 136 valence electrons. The van der Waals surface area contributed by atoms with Crippen LogP contribution in [0.15, 0.2) is 60.8 Å². The number of halogens is 1. The van der Waals surface area contributed by atoms with Crippen LogP contribution in [-0.2, 0) is 13.0 Å². The van der Waals surface area contributed by atoms with Gasteiger partial charge in [-0.3, -0.25) is 0 Å². The van der Waals surface area contributed by atoms with E-state index in [1.165, 1.54) is 16.8 Å². The van der Waals surface area contributed by atoms with Gasteiger partial charge in [-0.2, -0.15) is 0 Å². The molecule has 0 bridgehead atoms. The summed E-state index contributed by atoms with van der Waals surface area (Å²) in [5, 5.41) is 4.37. The molecule has 0 fully saturated rings. The fourth-order valence-electron chi connectivity index (χ4n) is 3.16. The highest BCUT2D eigenvalue weighted by molar-refractivity contribution is 6.30. The van der Waals surface area contributed by atoms with E-state index in [4.69, 9.17) is 11.6 Å². The van der Waals surface area contributed by atoms with Crippen LogP contribution >= 0.6 is 11.6 Å². The first-order chi connectivity index (χ1) is 12.6. The monoisotopic (exact) mass is 367 g/mol. The van der Waals surface area contributed by atoms with E-state index in [1.54, 1.807) is 0 Å². The summed E-state index contributed by atoms with van der Waals surface area (Å²) in [5.41, 5.74) is 3.79. The number of aryl methyl sites for hydroxylation is 1. The second-order valence-corrected chi connectivity index (χ2v) is 7.15. The smallest absolute Gasteiger partial charge is 0.113 e. The van der Waals surface area contributed by atoms with E-state index in [9.17, 15) is 0 Å². The van der Waals surface area contributed by atoms with Crippen LogP contribution < -0.4 is 5.32 Å². The van der Waals surface area contributed by atoms with E-state index >= 15 is 0 Å². The van der Waals surface area contributed by atoms with Crippen LogP contribution in [-0.4, -0.2) is 16.1 Å². The Kier molecular flexibility index (Phi) is 6.48. The van der Waals surface area contributed by atoms with Gasteiger partial charge in [0.15, 0.2) is 0 Å². The maximum atomic E-state index is 5.96. The molecule has 26 heavy (non-hydrogen) atoms. The quantitative estimate of drug-likeness (QED) is 0.556. The van der Waals surface area contributed by atoms with Gasteiger partial charge < -0.3 is 9.88 Å². The Morgan fingerprint density at radius 2 is 1.81 bits per heavy atom. The van der Waals surface area contributed by atoms with Crippen LogP contribution in [0.1, 0.15) is 42.0 Å². The number of imidazole rings is 1. The molecule has 3 nitrogen and oxygen atoms in total. The first-order valence-electron chi connectivity index (χ1n) is 9.17. The van der Waals surface area contributed by atoms with E-state index in [0.29, 0.717) is 6.04 Å². The molecular weight excluding hydrogens is 342 g/mol. The molecule has 1 heterocycles. The zero-order valence-electron chi connectivity index (χ0n) is 15.5. The third-order valence-corrected chi connectivity index (χ3v) is 4.97. The second kappa shape index (κ2) is 9.02. The SMILES string of the molecule is Cc1cnc(Cc2ccccc2)n1CCCNC(C)c1ccc(Cl)cc1. The average Bonchev–Trinajstić information content (AvgIpc) is 3.00. The first-order valence-corrected chi connectivity index (χ1v) is 9.55. The van der Waals surface area contributed by atoms with Gasteiger partial charge in [0, 0.05) is 35.9 Å². The highest BCUT2D eigenvalue weighted by Crippen LogP contribution is 2.16. The summed E-state index contributed by atoms with van der Waals surface area (Å²) in [6.45, 7) is 6.26. The van der Waals surface area contributed by atoms with Crippen molar-refractivity contribution in [3.8, 4) is 0 Å². The van der Waals surface area contributed by atoms with Crippen molar-refractivity contribution < 1.29 is 0 Å². The number of nitrogens with one attached hydrogen (secondary N) is 1. The number of hydrogen-bond donors (Lipinski definition) is 1. The van der Waals surface area contributed by atoms with E-state index < -0.39 is 0 Å². The van der Waals surface area contributed by atoms with Gasteiger partial charge in [0.05, 0.1) is 0 Å². The van der Waals surface area contributed by atoms with Gasteiger partial charge in [-0.15, -0.1) is 0 Å². The third-order valence-electron chi connectivity index (χ3n) is 4.72. The number of nitrogens with zero attached hydrogens (tertiary/aromatic N) is 2. The molecule has 0 saturated carbocycles. The summed E-state index contributed by atoms with van der Waals surface area (Å²) in [6.07, 6.45) is 3.92. The number of rotatable bonds is 8. The summed E-state index contributed by atoms with van der Waals surface area (Å²) in [5.74, 6) is 1.14. The Morgan fingerprint density at radius 3 is 2.54 bits per heavy atom. The maximum absolute atomic E-state index is 5.96. The Bertz CT molecular complexity index is 809. The molecule has 0 aliphatic carbocycles. The van der Waals surface area contributed by atoms with E-state index in [1.807, 2.05) is 18.3 Å². The van der Waals surface area contributed by atoms with Gasteiger partial charge in [-0.25, -0.2) is 4.98 Å². The minimum Gasteiger partial charge on any atom is -0.332 e. The molecule has 0 amide bonds. The van der Waals surface area contributed by atoms with Crippen LogP contribution in [0.5, 0.6) is 0 Å². The lowest BCUT2D eigenvalue weighted by atomic mass is 10.1. The van der Waals surface area contributed by atoms with Crippen LogP contribution in [0.3, 0.4) is 0 Å². The molecular formula is C22H26ClN3. The van der Waals surface area contributed by atoms with Crippen molar-refractivity contribution in [1.82, 2.24) is 14.9 Å². The number of hydrogen-bond acceptors (Lipinski definition) is 2. The zero-order chi connectivity index (χ0) is 18.4. The highest BCUT2D eigenvalue weighted by Gasteiger charge is 2.08. The van der Waals surface area contributed by atoms with Crippen LogP contribution in [0.25, 0.3) is 0 Å². The lowest BCUT2D eigenvalue weighted by Crippen LogP contribution is -2.21. The van der Waals surface area contributed by atoms with Crippen molar-refractivity contribution in [2.75, 3.05) is 6.54 Å². The van der Waals surface area contributed by atoms with E-state index in [2.05, 4.69) is 71.2 Å². The first kappa shape index (κ1) is 18.7. The summed E-state index contributed by atoms with van der Waals surface area (Å²) < 4.78 is 2.33. The molecule has 1 atom stereocenters. The van der Waals surface area contributed by atoms with Crippen molar-refractivity contribution in [1.29, 1.82) is 0 Å². The van der Waals surface area contributed by atoms with Gasteiger partial charge in [-0.1, -0.05) is 54.1 Å². The minimum absolute atomic E-state index is 0.319. The van der Waals surface area contributed by atoms with Crippen molar-refractivity contribution in [2.45, 2.75) is 39.3 Å². The maximum Gasteiger partial charge on any atom is 0.113 e. The largest absolute Gasteiger partial charge is 0.332 e. The van der Waals surface area contributed by atoms with Gasteiger partial charge in [0.1, 0.15) is 5.82 Å². The fourth-order valence-corrected chi connectivity index (χ4v) is 3.29. The Labute approximate surface area is 161 Å². The minimum atomic E-state index is 0.319. The Morgan fingerprint density at radius 1 is 1.08 bits per heavy atom. The number of benzene rings is 2. The van der Waals surface area contributed by atoms with Crippen LogP contribution in [0.2, 0.25) is 5.02 Å². The molecule has 3 aromatic rings. The average molecular weight is 368 g/mol. The molecule has 2 aromatic carbocycles. The summed E-state index contributed by atoms with van der Waals surface area (Å²) in [4.78, 5) is 4.61. The molecule has 3 rings (SSSR count). The van der Waals surface area contributed by atoms with E-state index in [-0.39, 0.29) is 0 Å². The topological polar surface area (TPSA) is 29.9 Å². The summed E-state index contributed by atoms with van der Waals surface area (Å²) in [6, 6.07) is 18.9. The van der Waals surface area contributed by atoms with Gasteiger partial charge in [0.2, 0.25) is 0 Å². The van der Waals surface area contributed by atoms with Crippen LogP contribution in [0.4, 0.5) is 0 Å². The Balaban J connectivity index is 1.52. The Hall–Kier alpha value is -2.10. The predicted molar refractivity (Wildman–Crippen MR) is 109 cm³/mol. The third kappa shape index (κ3) is 4.96. The predicted octanol–water partition coefficient (Wildman–Crippen LogP) is 5.18. The van der Waals surface area contributed by atoms with Crippen molar-refractivity contribution in [3.63, 3.8) is 0 Å². The molecule has 0 aliphatic heterocycles. The molecule has 0 saturated heterocycles. The molecule has 1 unspecified atom stereocenters. The standard InChI is InChI=1S/C22H26ClN3/c1-17-16-25-22(15-19-7-4-3-5-8-19)26(17)14-6-13-24-18(2)20-9-11-21(23)12-10-20/h3-5,7-12,16,18,24H,6,13-15H2,1-2H3. The molecule has 1 aromatic heterocycles. The number of aromatic nitrogens is 2. The lowest BCUT2D eigenvalue weighted by molar-refractivity contribution is 0.517. The van der Waals surface area contributed by atoms with Gasteiger partial charge in [-0.05, 0) is 50.1 Å². The summed E-state index contributed by atoms with van der Waals surface area (Å²) in [7, 11) is 0. The normalized spacial score (nSPS) is 12.3. The van der Waals surface area contributed by atoms with Gasteiger partial charge >= 0.3 is 0 Å².